The molecule has 1 aromatic rings. The molecule has 3 N–H and O–H groups in total. The fourth-order valence-corrected chi connectivity index (χ4v) is 2.55. The number of nitrogens with one attached hydrogen (secondary N) is 1. The minimum atomic E-state index is -0.0941. The summed E-state index contributed by atoms with van der Waals surface area (Å²) in [6.07, 6.45) is 0.984. The second-order valence-corrected chi connectivity index (χ2v) is 6.06. The van der Waals surface area contributed by atoms with E-state index in [4.69, 9.17) is 5.73 Å². The van der Waals surface area contributed by atoms with Crippen LogP contribution >= 0.6 is 0 Å². The molecule has 110 valence electrons. The topological polar surface area (TPSA) is 58.4 Å². The second kappa shape index (κ2) is 6.27. The van der Waals surface area contributed by atoms with Gasteiger partial charge in [-0.15, -0.1) is 0 Å². The summed E-state index contributed by atoms with van der Waals surface area (Å²) in [5.74, 6) is 0.596. The van der Waals surface area contributed by atoms with E-state index in [1.165, 1.54) is 11.1 Å². The van der Waals surface area contributed by atoms with Crippen LogP contribution in [0.4, 0.5) is 5.69 Å². The Morgan fingerprint density at radius 2 is 2.10 bits per heavy atom. The van der Waals surface area contributed by atoms with Crippen LogP contribution in [-0.2, 0) is 17.8 Å². The summed E-state index contributed by atoms with van der Waals surface area (Å²) in [7, 11) is 0. The molecule has 0 fully saturated rings. The van der Waals surface area contributed by atoms with E-state index in [1.54, 1.807) is 0 Å². The van der Waals surface area contributed by atoms with Crippen molar-refractivity contribution in [2.75, 3.05) is 18.8 Å². The van der Waals surface area contributed by atoms with Gasteiger partial charge in [-0.05, 0) is 42.5 Å². The third kappa shape index (κ3) is 3.51. The highest BCUT2D eigenvalue weighted by Gasteiger charge is 2.25. The zero-order chi connectivity index (χ0) is 14.7. The van der Waals surface area contributed by atoms with Gasteiger partial charge in [-0.2, -0.15) is 0 Å². The van der Waals surface area contributed by atoms with Crippen LogP contribution in [0.3, 0.4) is 0 Å². The molecular weight excluding hydrogens is 250 g/mol. The first-order valence-corrected chi connectivity index (χ1v) is 7.36. The van der Waals surface area contributed by atoms with Gasteiger partial charge in [0.2, 0.25) is 5.91 Å². The molecular formula is C16H25N3O. The van der Waals surface area contributed by atoms with Gasteiger partial charge in [0.05, 0.1) is 6.04 Å². The molecule has 0 radical (unpaired) electrons. The SMILES string of the molecule is CC(C)CNC(=O)C(C)N1CCc2ccc(N)cc2C1. The highest BCUT2D eigenvalue weighted by atomic mass is 16.2. The lowest BCUT2D eigenvalue weighted by Gasteiger charge is -2.33. The molecule has 0 bridgehead atoms. The molecule has 20 heavy (non-hydrogen) atoms. The van der Waals surface area contributed by atoms with E-state index in [0.29, 0.717) is 5.92 Å². The molecule has 2 rings (SSSR count). The van der Waals surface area contributed by atoms with Crippen molar-refractivity contribution in [2.24, 2.45) is 5.92 Å². The Labute approximate surface area is 121 Å². The van der Waals surface area contributed by atoms with E-state index in [2.05, 4.69) is 30.1 Å². The van der Waals surface area contributed by atoms with Crippen LogP contribution in [0, 0.1) is 5.92 Å². The molecule has 1 aliphatic rings. The van der Waals surface area contributed by atoms with E-state index < -0.39 is 0 Å². The van der Waals surface area contributed by atoms with Gasteiger partial charge in [-0.25, -0.2) is 0 Å². The zero-order valence-electron chi connectivity index (χ0n) is 12.6. The lowest BCUT2D eigenvalue weighted by Crippen LogP contribution is -2.47. The second-order valence-electron chi connectivity index (χ2n) is 6.06. The summed E-state index contributed by atoms with van der Waals surface area (Å²) in [6.45, 7) is 8.65. The molecule has 4 heteroatoms. The maximum Gasteiger partial charge on any atom is 0.237 e. The van der Waals surface area contributed by atoms with Crippen molar-refractivity contribution in [1.29, 1.82) is 0 Å². The Hall–Kier alpha value is -1.55. The summed E-state index contributed by atoms with van der Waals surface area (Å²) in [5, 5.41) is 3.01. The number of hydrogen-bond donors (Lipinski definition) is 2. The monoisotopic (exact) mass is 275 g/mol. The highest BCUT2D eigenvalue weighted by Crippen LogP contribution is 2.22. The third-order valence-corrected chi connectivity index (χ3v) is 3.88. The van der Waals surface area contributed by atoms with Crippen molar-refractivity contribution in [3.05, 3.63) is 29.3 Å². The van der Waals surface area contributed by atoms with Gasteiger partial charge in [-0.1, -0.05) is 19.9 Å². The summed E-state index contributed by atoms with van der Waals surface area (Å²) in [5.41, 5.74) is 9.24. The fourth-order valence-electron chi connectivity index (χ4n) is 2.55. The lowest BCUT2D eigenvalue weighted by atomic mass is 9.98. The van der Waals surface area contributed by atoms with Gasteiger partial charge in [0, 0.05) is 25.3 Å². The molecule has 0 saturated heterocycles. The number of nitrogens with zero attached hydrogens (tertiary/aromatic N) is 1. The lowest BCUT2D eigenvalue weighted by molar-refractivity contribution is -0.126. The Balaban J connectivity index is 1.99. The van der Waals surface area contributed by atoms with E-state index in [1.807, 2.05) is 19.1 Å². The number of fused-ring (bicyclic) bond motifs is 1. The van der Waals surface area contributed by atoms with Crippen LogP contribution in [0.25, 0.3) is 0 Å². The molecule has 0 spiro atoms. The number of amides is 1. The maximum absolute atomic E-state index is 12.1. The van der Waals surface area contributed by atoms with Crippen molar-refractivity contribution >= 4 is 11.6 Å². The smallest absolute Gasteiger partial charge is 0.237 e. The molecule has 1 heterocycles. The maximum atomic E-state index is 12.1. The molecule has 1 amide bonds. The number of anilines is 1. The first-order valence-electron chi connectivity index (χ1n) is 7.36. The average Bonchev–Trinajstić information content (AvgIpc) is 2.43. The molecule has 4 nitrogen and oxygen atoms in total. The molecule has 0 aliphatic carbocycles. The molecule has 1 aliphatic heterocycles. The molecule has 0 saturated carbocycles. The van der Waals surface area contributed by atoms with Crippen LogP contribution < -0.4 is 11.1 Å². The van der Waals surface area contributed by atoms with Crippen LogP contribution in [0.2, 0.25) is 0 Å². The summed E-state index contributed by atoms with van der Waals surface area (Å²) in [4.78, 5) is 14.4. The zero-order valence-corrected chi connectivity index (χ0v) is 12.6. The number of hydrogen-bond acceptors (Lipinski definition) is 3. The van der Waals surface area contributed by atoms with Gasteiger partial charge >= 0.3 is 0 Å². The van der Waals surface area contributed by atoms with Crippen molar-refractivity contribution in [3.8, 4) is 0 Å². The Morgan fingerprint density at radius 3 is 2.80 bits per heavy atom. The predicted octanol–water partition coefficient (Wildman–Crippen LogP) is 1.79. The molecule has 1 aromatic carbocycles. The Kier molecular flexibility index (Phi) is 4.65. The minimum absolute atomic E-state index is 0.0941. The number of nitrogen functional groups attached to an aromatic ring is 1. The van der Waals surface area contributed by atoms with Gasteiger partial charge in [-0.3, -0.25) is 9.69 Å². The standard InChI is InChI=1S/C16H25N3O/c1-11(2)9-18-16(20)12(3)19-7-6-13-4-5-15(17)8-14(13)10-19/h4-5,8,11-12H,6-7,9-10,17H2,1-3H3,(H,18,20). The molecule has 1 atom stereocenters. The van der Waals surface area contributed by atoms with Gasteiger partial charge in [0.25, 0.3) is 0 Å². The largest absolute Gasteiger partial charge is 0.399 e. The normalized spacial score (nSPS) is 16.8. The van der Waals surface area contributed by atoms with Crippen LogP contribution in [0.15, 0.2) is 18.2 Å². The van der Waals surface area contributed by atoms with Crippen molar-refractivity contribution in [2.45, 2.75) is 39.8 Å². The van der Waals surface area contributed by atoms with Gasteiger partial charge in [0.1, 0.15) is 0 Å². The number of benzene rings is 1. The quantitative estimate of drug-likeness (QED) is 0.824. The molecule has 1 unspecified atom stereocenters. The Bertz CT molecular complexity index is 485. The summed E-state index contributed by atoms with van der Waals surface area (Å²) >= 11 is 0. The predicted molar refractivity (Wildman–Crippen MR) is 82.3 cm³/mol. The summed E-state index contributed by atoms with van der Waals surface area (Å²) < 4.78 is 0. The average molecular weight is 275 g/mol. The number of nitrogens with two attached hydrogens (primary N) is 1. The van der Waals surface area contributed by atoms with E-state index in [9.17, 15) is 4.79 Å². The van der Waals surface area contributed by atoms with Crippen molar-refractivity contribution < 1.29 is 4.79 Å². The third-order valence-electron chi connectivity index (χ3n) is 3.88. The number of carbonyl (C=O) groups excluding carboxylic acids is 1. The van der Waals surface area contributed by atoms with Crippen LogP contribution in [0.1, 0.15) is 31.9 Å². The van der Waals surface area contributed by atoms with Gasteiger partial charge < -0.3 is 11.1 Å². The van der Waals surface area contributed by atoms with Gasteiger partial charge in [0.15, 0.2) is 0 Å². The number of carbonyl (C=O) groups is 1. The number of rotatable bonds is 4. The molecule has 0 aromatic heterocycles. The van der Waals surface area contributed by atoms with Crippen molar-refractivity contribution in [1.82, 2.24) is 10.2 Å². The van der Waals surface area contributed by atoms with E-state index >= 15 is 0 Å². The fraction of sp³-hybridized carbons (Fsp3) is 0.562. The van der Waals surface area contributed by atoms with E-state index in [0.717, 1.165) is 31.7 Å². The first-order chi connectivity index (χ1) is 9.47. The van der Waals surface area contributed by atoms with Crippen LogP contribution in [-0.4, -0.2) is 29.9 Å². The van der Waals surface area contributed by atoms with Crippen LogP contribution in [0.5, 0.6) is 0 Å². The Morgan fingerprint density at radius 1 is 1.35 bits per heavy atom. The van der Waals surface area contributed by atoms with Crippen molar-refractivity contribution in [3.63, 3.8) is 0 Å². The first kappa shape index (κ1) is 14.9. The minimum Gasteiger partial charge on any atom is -0.399 e. The highest BCUT2D eigenvalue weighted by molar-refractivity contribution is 5.81. The van der Waals surface area contributed by atoms with E-state index in [-0.39, 0.29) is 11.9 Å². The summed E-state index contributed by atoms with van der Waals surface area (Å²) in [6, 6.07) is 5.99.